The molecule has 0 aromatic carbocycles. The largest absolute Gasteiger partial charge is 0.383 e. The molecule has 1 unspecified atom stereocenters. The Hall–Kier alpha value is -1.73. The van der Waals surface area contributed by atoms with Crippen molar-refractivity contribution in [1.82, 2.24) is 14.3 Å². The molecule has 0 bridgehead atoms. The predicted octanol–water partition coefficient (Wildman–Crippen LogP) is 1.57. The molecule has 1 aliphatic heterocycles. The Bertz CT molecular complexity index is 752. The number of hydrogen-bond acceptors (Lipinski definition) is 5. The van der Waals surface area contributed by atoms with Crippen molar-refractivity contribution in [2.45, 2.75) is 32.2 Å². The topological polar surface area (TPSA) is 63.9 Å². The molecule has 2 aromatic rings. The van der Waals surface area contributed by atoms with E-state index in [1.165, 1.54) is 15.7 Å². The molecule has 0 N–H and O–H groups in total. The molecular formula is C15H19N3O3S. The van der Waals surface area contributed by atoms with Crippen molar-refractivity contribution in [1.29, 1.82) is 0 Å². The third-order valence-corrected chi connectivity index (χ3v) is 4.84. The van der Waals surface area contributed by atoms with Gasteiger partial charge in [0.15, 0.2) is 4.96 Å². The number of thiazole rings is 1. The number of amides is 1. The summed E-state index contributed by atoms with van der Waals surface area (Å²) < 4.78 is 6.65. The Labute approximate surface area is 132 Å². The number of nitrogens with zero attached hydrogens (tertiary/aromatic N) is 3. The lowest BCUT2D eigenvalue weighted by atomic mass is 10.1. The van der Waals surface area contributed by atoms with Crippen molar-refractivity contribution in [3.05, 3.63) is 33.2 Å². The normalized spacial score (nSPS) is 18.3. The van der Waals surface area contributed by atoms with Gasteiger partial charge < -0.3 is 9.64 Å². The van der Waals surface area contributed by atoms with Gasteiger partial charge in [0.25, 0.3) is 11.5 Å². The second-order valence-electron chi connectivity index (χ2n) is 5.40. The summed E-state index contributed by atoms with van der Waals surface area (Å²) >= 11 is 1.40. The number of aromatic nitrogens is 2. The average Bonchev–Trinajstić information content (AvgIpc) is 3.15. The molecule has 1 amide bonds. The molecule has 3 heterocycles. The Morgan fingerprint density at radius 2 is 2.36 bits per heavy atom. The van der Waals surface area contributed by atoms with Crippen molar-refractivity contribution >= 4 is 22.2 Å². The molecule has 0 aliphatic carbocycles. The van der Waals surface area contributed by atoms with Crippen molar-refractivity contribution in [3.63, 3.8) is 0 Å². The van der Waals surface area contributed by atoms with Gasteiger partial charge in [-0.1, -0.05) is 6.92 Å². The van der Waals surface area contributed by atoms with Crippen molar-refractivity contribution in [2.75, 3.05) is 20.3 Å². The van der Waals surface area contributed by atoms with Gasteiger partial charge in [0.2, 0.25) is 0 Å². The van der Waals surface area contributed by atoms with Crippen LogP contribution in [0.15, 0.2) is 16.4 Å². The van der Waals surface area contributed by atoms with Crippen LogP contribution in [-0.2, 0) is 11.2 Å². The van der Waals surface area contributed by atoms with E-state index in [2.05, 4.69) is 4.98 Å². The number of aryl methyl sites for hydroxylation is 1. The highest BCUT2D eigenvalue weighted by Crippen LogP contribution is 2.21. The molecule has 1 fully saturated rings. The zero-order chi connectivity index (χ0) is 15.7. The summed E-state index contributed by atoms with van der Waals surface area (Å²) in [5.41, 5.74) is 0.526. The van der Waals surface area contributed by atoms with Crippen LogP contribution in [0.4, 0.5) is 0 Å². The van der Waals surface area contributed by atoms with Crippen LogP contribution in [0.3, 0.4) is 0 Å². The van der Waals surface area contributed by atoms with Crippen LogP contribution in [0.5, 0.6) is 0 Å². The minimum atomic E-state index is -0.267. The number of carbonyl (C=O) groups is 1. The third kappa shape index (κ3) is 2.44. The number of rotatable bonds is 4. The molecule has 2 aromatic heterocycles. The molecule has 1 aliphatic rings. The molecular weight excluding hydrogens is 302 g/mol. The molecule has 6 nitrogen and oxygen atoms in total. The van der Waals surface area contributed by atoms with Crippen molar-refractivity contribution < 1.29 is 9.53 Å². The summed E-state index contributed by atoms with van der Waals surface area (Å²) in [5.74, 6) is -0.213. The molecule has 0 radical (unpaired) electrons. The summed E-state index contributed by atoms with van der Waals surface area (Å²) in [4.78, 5) is 32.5. The minimum absolute atomic E-state index is 0.0461. The van der Waals surface area contributed by atoms with Crippen LogP contribution in [0.1, 0.15) is 35.8 Å². The number of methoxy groups -OCH3 is 1. The lowest BCUT2D eigenvalue weighted by Gasteiger charge is -2.24. The van der Waals surface area contributed by atoms with E-state index in [1.807, 2.05) is 6.92 Å². The second kappa shape index (κ2) is 6.18. The van der Waals surface area contributed by atoms with Gasteiger partial charge in [0.05, 0.1) is 18.3 Å². The zero-order valence-electron chi connectivity index (χ0n) is 12.7. The number of fused-ring (bicyclic) bond motifs is 1. The van der Waals surface area contributed by atoms with Gasteiger partial charge in [-0.15, -0.1) is 11.3 Å². The van der Waals surface area contributed by atoms with Gasteiger partial charge >= 0.3 is 0 Å². The number of carbonyl (C=O) groups excluding carboxylic acids is 1. The molecule has 0 spiro atoms. The van der Waals surface area contributed by atoms with Gasteiger partial charge in [0.1, 0.15) is 5.56 Å². The fourth-order valence-electron chi connectivity index (χ4n) is 3.01. The maximum atomic E-state index is 12.9. The molecule has 3 rings (SSSR count). The lowest BCUT2D eigenvalue weighted by molar-refractivity contribution is 0.0627. The van der Waals surface area contributed by atoms with Crippen LogP contribution in [0.2, 0.25) is 0 Å². The monoisotopic (exact) mass is 321 g/mol. The maximum absolute atomic E-state index is 12.9. The number of hydrogen-bond donors (Lipinski definition) is 0. The predicted molar refractivity (Wildman–Crippen MR) is 84.7 cm³/mol. The summed E-state index contributed by atoms with van der Waals surface area (Å²) in [6.45, 7) is 3.09. The summed E-state index contributed by atoms with van der Waals surface area (Å²) in [7, 11) is 1.63. The van der Waals surface area contributed by atoms with Crippen molar-refractivity contribution in [2.24, 2.45) is 0 Å². The fraction of sp³-hybridized carbons (Fsp3) is 0.533. The highest BCUT2D eigenvalue weighted by molar-refractivity contribution is 7.15. The van der Waals surface area contributed by atoms with E-state index in [9.17, 15) is 9.59 Å². The molecule has 7 heteroatoms. The summed E-state index contributed by atoms with van der Waals surface area (Å²) in [6.07, 6.45) is 4.09. The Balaban J connectivity index is 2.06. The van der Waals surface area contributed by atoms with Crippen LogP contribution < -0.4 is 5.56 Å². The number of ether oxygens (including phenoxy) is 1. The smallest absolute Gasteiger partial charge is 0.271 e. The SMILES string of the molecule is CCc1nc2sccn2c(=O)c1C(=O)N1CCCC1COC. The highest BCUT2D eigenvalue weighted by atomic mass is 32.1. The standard InChI is InChI=1S/C15H19N3O3S/c1-3-11-12(14(20)18-7-8-22-15(18)16-11)13(19)17-6-4-5-10(17)9-21-2/h7-8,10H,3-6,9H2,1-2H3. The van der Waals surface area contributed by atoms with Gasteiger partial charge in [-0.3, -0.25) is 14.0 Å². The van der Waals surface area contributed by atoms with Gasteiger partial charge in [-0.2, -0.15) is 0 Å². The quantitative estimate of drug-likeness (QED) is 0.857. The highest BCUT2D eigenvalue weighted by Gasteiger charge is 2.32. The lowest BCUT2D eigenvalue weighted by Crippen LogP contribution is -2.41. The van der Waals surface area contributed by atoms with Crippen LogP contribution in [0.25, 0.3) is 4.96 Å². The second-order valence-corrected chi connectivity index (χ2v) is 6.27. The van der Waals surface area contributed by atoms with Gasteiger partial charge in [-0.05, 0) is 19.3 Å². The van der Waals surface area contributed by atoms with E-state index in [1.54, 1.807) is 23.6 Å². The fourth-order valence-corrected chi connectivity index (χ4v) is 3.73. The first-order valence-corrected chi connectivity index (χ1v) is 8.34. The first-order chi connectivity index (χ1) is 10.7. The Morgan fingerprint density at radius 1 is 1.55 bits per heavy atom. The van der Waals surface area contributed by atoms with Crippen molar-refractivity contribution in [3.8, 4) is 0 Å². The van der Waals surface area contributed by atoms with E-state index >= 15 is 0 Å². The zero-order valence-corrected chi connectivity index (χ0v) is 13.6. The van der Waals surface area contributed by atoms with E-state index in [4.69, 9.17) is 4.74 Å². The summed E-state index contributed by atoms with van der Waals surface area (Å²) in [6, 6.07) is 0.0461. The molecule has 1 atom stereocenters. The van der Waals surface area contributed by atoms with E-state index < -0.39 is 0 Å². The molecule has 22 heavy (non-hydrogen) atoms. The molecule has 118 valence electrons. The van der Waals surface area contributed by atoms with Gasteiger partial charge in [-0.25, -0.2) is 4.98 Å². The van der Waals surface area contributed by atoms with E-state index in [0.717, 1.165) is 12.8 Å². The Kier molecular flexibility index (Phi) is 4.26. The molecule has 1 saturated heterocycles. The van der Waals surface area contributed by atoms with Crippen LogP contribution in [-0.4, -0.2) is 46.5 Å². The first kappa shape index (κ1) is 15.2. The van der Waals surface area contributed by atoms with E-state index in [0.29, 0.717) is 30.2 Å². The first-order valence-electron chi connectivity index (χ1n) is 7.46. The summed E-state index contributed by atoms with van der Waals surface area (Å²) in [5, 5.41) is 1.81. The molecule has 0 saturated carbocycles. The third-order valence-electron chi connectivity index (χ3n) is 4.09. The van der Waals surface area contributed by atoms with Crippen LogP contribution in [0, 0.1) is 0 Å². The average molecular weight is 321 g/mol. The Morgan fingerprint density at radius 3 is 3.09 bits per heavy atom. The number of likely N-dealkylation sites (tertiary alicyclic amines) is 1. The van der Waals surface area contributed by atoms with E-state index in [-0.39, 0.29) is 23.1 Å². The van der Waals surface area contributed by atoms with Gasteiger partial charge in [0, 0.05) is 25.2 Å². The minimum Gasteiger partial charge on any atom is -0.383 e. The maximum Gasteiger partial charge on any atom is 0.271 e. The van der Waals surface area contributed by atoms with Crippen LogP contribution >= 0.6 is 11.3 Å².